The Morgan fingerprint density at radius 1 is 1.14 bits per heavy atom. The number of carbonyl (C=O) groups excluding carboxylic acids is 1. The maximum Gasteiger partial charge on any atom is 0.433 e. The molecule has 2 heterocycles. The summed E-state index contributed by atoms with van der Waals surface area (Å²) < 4.78 is 55.9. The number of rotatable bonds is 2. The number of aromatic nitrogens is 2. The van der Waals surface area contributed by atoms with E-state index in [1.807, 2.05) is 5.10 Å². The summed E-state index contributed by atoms with van der Waals surface area (Å²) in [4.78, 5) is 14.2. The van der Waals surface area contributed by atoms with Gasteiger partial charge in [0.05, 0.1) is 5.69 Å². The van der Waals surface area contributed by atoms with E-state index in [0.29, 0.717) is 10.0 Å². The van der Waals surface area contributed by atoms with Gasteiger partial charge in [-0.2, -0.15) is 18.3 Å². The number of nitrogens with one attached hydrogen (secondary N) is 1. The third-order valence-corrected chi connectivity index (χ3v) is 5.42. The summed E-state index contributed by atoms with van der Waals surface area (Å²) in [6, 6.07) is 12.8. The number of alkyl halides is 3. The first-order valence-electron chi connectivity index (χ1n) is 8.74. The van der Waals surface area contributed by atoms with Gasteiger partial charge >= 0.3 is 6.18 Å². The smallest absolute Gasteiger partial charge is 0.304 e. The lowest BCUT2D eigenvalue weighted by Crippen LogP contribution is -2.32. The van der Waals surface area contributed by atoms with Crippen LogP contribution < -0.4 is 4.90 Å². The number of carbonyl (C=O) groups is 1. The van der Waals surface area contributed by atoms with Crippen molar-refractivity contribution in [1.82, 2.24) is 10.2 Å². The van der Waals surface area contributed by atoms with Crippen molar-refractivity contribution in [1.29, 1.82) is 0 Å². The Balaban J connectivity index is 1.88. The normalized spacial score (nSPS) is 17.2. The molecule has 9 heteroatoms. The molecule has 1 atom stereocenters. The maximum atomic E-state index is 14.5. The molecule has 1 aliphatic heterocycles. The van der Waals surface area contributed by atoms with Crippen LogP contribution in [-0.4, -0.2) is 22.6 Å². The molecule has 1 unspecified atom stereocenters. The van der Waals surface area contributed by atoms with Gasteiger partial charge in [0.15, 0.2) is 5.69 Å². The highest BCUT2D eigenvalue weighted by Crippen LogP contribution is 2.42. The van der Waals surface area contributed by atoms with Crippen molar-refractivity contribution in [3.05, 3.63) is 81.3 Å². The maximum absolute atomic E-state index is 14.5. The van der Waals surface area contributed by atoms with Crippen LogP contribution in [0.15, 0.2) is 53.0 Å². The third-order valence-electron chi connectivity index (χ3n) is 4.93. The summed E-state index contributed by atoms with van der Waals surface area (Å²) in [7, 11) is 0. The van der Waals surface area contributed by atoms with E-state index >= 15 is 0 Å². The number of H-pyrrole nitrogens is 1. The quantitative estimate of drug-likeness (QED) is 0.505. The Morgan fingerprint density at radius 3 is 2.52 bits per heavy atom. The topological polar surface area (TPSA) is 49.0 Å². The van der Waals surface area contributed by atoms with E-state index in [4.69, 9.17) is 0 Å². The number of amides is 1. The predicted molar refractivity (Wildman–Crippen MR) is 102 cm³/mol. The van der Waals surface area contributed by atoms with Gasteiger partial charge in [0, 0.05) is 22.5 Å². The number of aromatic amines is 1. The molecule has 0 spiro atoms. The minimum Gasteiger partial charge on any atom is -0.304 e. The fourth-order valence-corrected chi connectivity index (χ4v) is 3.98. The van der Waals surface area contributed by atoms with Gasteiger partial charge in [0.2, 0.25) is 0 Å². The molecule has 0 saturated heterocycles. The van der Waals surface area contributed by atoms with Crippen molar-refractivity contribution in [3.63, 3.8) is 0 Å². The minimum absolute atomic E-state index is 0.00517. The number of benzene rings is 2. The molecule has 0 bridgehead atoms. The van der Waals surface area contributed by atoms with Crippen molar-refractivity contribution in [2.45, 2.75) is 18.5 Å². The van der Waals surface area contributed by atoms with Crippen LogP contribution in [0.5, 0.6) is 0 Å². The molecule has 4 nitrogen and oxygen atoms in total. The molecule has 0 aliphatic carbocycles. The van der Waals surface area contributed by atoms with Crippen LogP contribution in [0.3, 0.4) is 0 Å². The number of hydrogen-bond donors (Lipinski definition) is 1. The van der Waals surface area contributed by atoms with Gasteiger partial charge in [-0.05, 0) is 30.2 Å². The molecule has 1 aliphatic rings. The average molecular weight is 468 g/mol. The second-order valence-corrected chi connectivity index (χ2v) is 7.58. The number of anilines is 1. The van der Waals surface area contributed by atoms with Crippen LogP contribution in [0.25, 0.3) is 0 Å². The van der Waals surface area contributed by atoms with Gasteiger partial charge in [-0.25, -0.2) is 4.39 Å². The second-order valence-electron chi connectivity index (χ2n) is 6.66. The van der Waals surface area contributed by atoms with Gasteiger partial charge in [-0.3, -0.25) is 9.89 Å². The standard InChI is InChI=1S/C20H14BrF4N3O/c21-12-6-7-15(14(22)10-12)28-9-8-13(11-4-2-1-3-5-11)16-17(19(28)29)26-27-18(16)20(23,24)25/h1-7,10,13H,8-9H2,(H,26,27). The van der Waals surface area contributed by atoms with E-state index in [1.54, 1.807) is 36.4 Å². The summed E-state index contributed by atoms with van der Waals surface area (Å²) in [5.74, 6) is -2.14. The molecule has 150 valence electrons. The van der Waals surface area contributed by atoms with E-state index in [-0.39, 0.29) is 29.9 Å². The van der Waals surface area contributed by atoms with E-state index in [1.165, 1.54) is 12.1 Å². The Kier molecular flexibility index (Phi) is 4.94. The molecule has 0 radical (unpaired) electrons. The van der Waals surface area contributed by atoms with Gasteiger partial charge in [-0.1, -0.05) is 46.3 Å². The Bertz CT molecular complexity index is 1070. The van der Waals surface area contributed by atoms with Crippen molar-refractivity contribution in [2.75, 3.05) is 11.4 Å². The van der Waals surface area contributed by atoms with Crippen molar-refractivity contribution in [3.8, 4) is 0 Å². The van der Waals surface area contributed by atoms with Crippen LogP contribution in [0.1, 0.15) is 39.6 Å². The lowest BCUT2D eigenvalue weighted by atomic mass is 9.87. The van der Waals surface area contributed by atoms with Crippen LogP contribution in [0.2, 0.25) is 0 Å². The zero-order valence-electron chi connectivity index (χ0n) is 14.8. The Morgan fingerprint density at radius 2 is 1.86 bits per heavy atom. The molecular formula is C20H14BrF4N3O. The fourth-order valence-electron chi connectivity index (χ4n) is 3.65. The summed E-state index contributed by atoms with van der Waals surface area (Å²) in [5.41, 5.74) is -0.964. The van der Waals surface area contributed by atoms with Crippen molar-refractivity contribution in [2.24, 2.45) is 0 Å². The van der Waals surface area contributed by atoms with Gasteiger partial charge in [0.1, 0.15) is 11.5 Å². The number of hydrogen-bond acceptors (Lipinski definition) is 2. The van der Waals surface area contributed by atoms with Crippen molar-refractivity contribution < 1.29 is 22.4 Å². The minimum atomic E-state index is -4.70. The lowest BCUT2D eigenvalue weighted by Gasteiger charge is -2.22. The molecule has 4 rings (SSSR count). The highest BCUT2D eigenvalue weighted by molar-refractivity contribution is 9.10. The summed E-state index contributed by atoms with van der Waals surface area (Å²) in [6.07, 6.45) is -4.52. The average Bonchev–Trinajstić information content (AvgIpc) is 3.06. The number of fused-ring (bicyclic) bond motifs is 1. The van der Waals surface area contributed by atoms with E-state index in [2.05, 4.69) is 21.0 Å². The molecule has 1 amide bonds. The number of nitrogens with zero attached hydrogens (tertiary/aromatic N) is 2. The summed E-state index contributed by atoms with van der Waals surface area (Å²) in [6.45, 7) is 0.0462. The first kappa shape index (κ1) is 19.6. The van der Waals surface area contributed by atoms with Crippen LogP contribution in [-0.2, 0) is 6.18 Å². The highest BCUT2D eigenvalue weighted by Gasteiger charge is 2.43. The molecule has 2 aromatic carbocycles. The molecule has 1 aromatic heterocycles. The third kappa shape index (κ3) is 3.55. The molecule has 0 saturated carbocycles. The zero-order valence-corrected chi connectivity index (χ0v) is 16.4. The van der Waals surface area contributed by atoms with Gasteiger partial charge in [0.25, 0.3) is 5.91 Å². The molecule has 0 fully saturated rings. The molecular weight excluding hydrogens is 454 g/mol. The SMILES string of the molecule is O=C1c2n[nH]c(C(F)(F)F)c2C(c2ccccc2)CCN1c1ccc(Br)cc1F. The first-order chi connectivity index (χ1) is 13.8. The largest absolute Gasteiger partial charge is 0.433 e. The van der Waals surface area contributed by atoms with E-state index < -0.39 is 29.5 Å². The Labute approximate surface area is 171 Å². The summed E-state index contributed by atoms with van der Waals surface area (Å²) >= 11 is 3.16. The molecule has 29 heavy (non-hydrogen) atoms. The second kappa shape index (κ2) is 7.29. The molecule has 3 aromatic rings. The van der Waals surface area contributed by atoms with Gasteiger partial charge < -0.3 is 4.90 Å². The Hall–Kier alpha value is -2.68. The van der Waals surface area contributed by atoms with Crippen LogP contribution in [0.4, 0.5) is 23.2 Å². The van der Waals surface area contributed by atoms with Crippen LogP contribution in [0, 0.1) is 5.82 Å². The first-order valence-corrected chi connectivity index (χ1v) is 9.54. The summed E-state index contributed by atoms with van der Waals surface area (Å²) in [5, 5.41) is 5.68. The monoisotopic (exact) mass is 467 g/mol. The number of halogens is 5. The van der Waals surface area contributed by atoms with E-state index in [0.717, 1.165) is 4.90 Å². The van der Waals surface area contributed by atoms with Gasteiger partial charge in [-0.15, -0.1) is 0 Å². The van der Waals surface area contributed by atoms with Crippen molar-refractivity contribution >= 4 is 27.5 Å². The van der Waals surface area contributed by atoms with E-state index in [9.17, 15) is 22.4 Å². The predicted octanol–water partition coefficient (Wildman–Crippen LogP) is 5.51. The highest BCUT2D eigenvalue weighted by atomic mass is 79.9. The van der Waals surface area contributed by atoms with Crippen LogP contribution >= 0.6 is 15.9 Å². The zero-order chi connectivity index (χ0) is 20.8. The fraction of sp³-hybridized carbons (Fsp3) is 0.200. The lowest BCUT2D eigenvalue weighted by molar-refractivity contribution is -0.141. The molecule has 1 N–H and O–H groups in total.